The molecule has 1 aliphatic carbocycles. The molecule has 1 saturated carbocycles. The highest BCUT2D eigenvalue weighted by atomic mass is 16.5. The fraction of sp³-hybridized carbons (Fsp3) is 0.565. The number of rotatable bonds is 4. The second kappa shape index (κ2) is 7.95. The predicted molar refractivity (Wildman–Crippen MR) is 115 cm³/mol. The third kappa shape index (κ3) is 3.45. The summed E-state index contributed by atoms with van der Waals surface area (Å²) in [4.78, 5) is 13.4. The number of amides is 1. The van der Waals surface area contributed by atoms with Crippen molar-refractivity contribution in [3.8, 4) is 16.9 Å². The molecule has 3 aliphatic rings. The van der Waals surface area contributed by atoms with E-state index in [1.807, 2.05) is 25.3 Å². The van der Waals surface area contributed by atoms with Gasteiger partial charge in [-0.25, -0.2) is 4.79 Å². The predicted octanol–water partition coefficient (Wildman–Crippen LogP) is 4.23. The number of carbonyl (C=O) groups is 1. The third-order valence-electron chi connectivity index (χ3n) is 6.89. The van der Waals surface area contributed by atoms with Crippen molar-refractivity contribution in [1.82, 2.24) is 15.1 Å². The number of anilines is 1. The molecule has 5 rings (SSSR count). The Morgan fingerprint density at radius 1 is 1.20 bits per heavy atom. The zero-order valence-electron chi connectivity index (χ0n) is 17.5. The molecule has 1 atom stereocenters. The van der Waals surface area contributed by atoms with E-state index in [9.17, 15) is 9.90 Å². The van der Waals surface area contributed by atoms with Gasteiger partial charge in [-0.2, -0.15) is 5.10 Å². The Balaban J connectivity index is 1.55. The monoisotopic (exact) mass is 410 g/mol. The molecule has 1 aromatic carbocycles. The van der Waals surface area contributed by atoms with Crippen molar-refractivity contribution in [3.63, 3.8) is 0 Å². The van der Waals surface area contributed by atoms with Gasteiger partial charge in [0, 0.05) is 28.9 Å². The van der Waals surface area contributed by atoms with Crippen molar-refractivity contribution in [2.45, 2.75) is 70.1 Å². The van der Waals surface area contributed by atoms with Crippen LogP contribution in [-0.2, 0) is 6.42 Å². The van der Waals surface area contributed by atoms with Crippen LogP contribution >= 0.6 is 0 Å². The molecule has 2 N–H and O–H groups in total. The van der Waals surface area contributed by atoms with Crippen molar-refractivity contribution >= 4 is 11.8 Å². The van der Waals surface area contributed by atoms with Gasteiger partial charge in [-0.15, -0.1) is 0 Å². The fourth-order valence-electron chi connectivity index (χ4n) is 4.86. The number of hydrogen-bond acceptors (Lipinski definition) is 4. The molecule has 0 spiro atoms. The molecule has 0 unspecified atom stereocenters. The van der Waals surface area contributed by atoms with Crippen LogP contribution < -0.4 is 15.0 Å². The Morgan fingerprint density at radius 2 is 2.00 bits per heavy atom. The normalized spacial score (nSPS) is 22.4. The maximum atomic E-state index is 11.9. The van der Waals surface area contributed by atoms with Crippen molar-refractivity contribution < 1.29 is 14.6 Å². The van der Waals surface area contributed by atoms with Crippen LogP contribution in [0.1, 0.15) is 57.1 Å². The summed E-state index contributed by atoms with van der Waals surface area (Å²) in [5.41, 5.74) is 3.87. The number of aromatic nitrogens is 2. The molecule has 30 heavy (non-hydrogen) atoms. The van der Waals surface area contributed by atoms with E-state index in [1.54, 1.807) is 0 Å². The molecule has 2 aromatic rings. The molecular weight excluding hydrogens is 380 g/mol. The summed E-state index contributed by atoms with van der Waals surface area (Å²) in [6.45, 7) is 4.02. The number of fused-ring (bicyclic) bond motifs is 1. The summed E-state index contributed by atoms with van der Waals surface area (Å²) in [5.74, 6) is 0.861. The minimum atomic E-state index is -0.899. The summed E-state index contributed by atoms with van der Waals surface area (Å²) in [6.07, 6.45) is 10.5. The van der Waals surface area contributed by atoms with Gasteiger partial charge in [-0.1, -0.05) is 0 Å². The zero-order valence-corrected chi connectivity index (χ0v) is 17.5. The largest absolute Gasteiger partial charge is 0.489 e. The molecule has 3 heterocycles. The summed E-state index contributed by atoms with van der Waals surface area (Å²) >= 11 is 0. The molecule has 2 aliphatic heterocycles. The lowest BCUT2D eigenvalue weighted by molar-refractivity contribution is 0.119. The number of nitrogens with zero attached hydrogens (tertiary/aromatic N) is 3. The lowest BCUT2D eigenvalue weighted by atomic mass is 9.91. The molecule has 1 saturated heterocycles. The lowest BCUT2D eigenvalue weighted by Crippen LogP contribution is -2.41. The Labute approximate surface area is 177 Å². The van der Waals surface area contributed by atoms with E-state index >= 15 is 0 Å². The van der Waals surface area contributed by atoms with E-state index < -0.39 is 6.09 Å². The minimum absolute atomic E-state index is 0.0277. The van der Waals surface area contributed by atoms with Gasteiger partial charge in [0.25, 0.3) is 0 Å². The Kier molecular flexibility index (Phi) is 5.15. The molecule has 7 heteroatoms. The maximum absolute atomic E-state index is 11.9. The highest BCUT2D eigenvalue weighted by Gasteiger charge is 2.33. The molecule has 1 aromatic heterocycles. The Hall–Kier alpha value is -2.54. The Bertz CT molecular complexity index is 931. The number of hydrogen-bond donors (Lipinski definition) is 2. The summed E-state index contributed by atoms with van der Waals surface area (Å²) in [7, 11) is 0. The first-order valence-electron chi connectivity index (χ1n) is 11.2. The van der Waals surface area contributed by atoms with Crippen LogP contribution in [0.15, 0.2) is 24.5 Å². The van der Waals surface area contributed by atoms with Gasteiger partial charge < -0.3 is 15.2 Å². The van der Waals surface area contributed by atoms with Crippen molar-refractivity contribution in [1.29, 1.82) is 0 Å². The first-order chi connectivity index (χ1) is 14.6. The highest BCUT2D eigenvalue weighted by Crippen LogP contribution is 2.44. The minimum Gasteiger partial charge on any atom is -0.489 e. The van der Waals surface area contributed by atoms with Gasteiger partial charge in [0.2, 0.25) is 0 Å². The van der Waals surface area contributed by atoms with Crippen LogP contribution in [0.25, 0.3) is 11.1 Å². The quantitative estimate of drug-likeness (QED) is 0.789. The average molecular weight is 411 g/mol. The topological polar surface area (TPSA) is 79.6 Å². The highest BCUT2D eigenvalue weighted by molar-refractivity contribution is 5.91. The van der Waals surface area contributed by atoms with Gasteiger partial charge in [-0.3, -0.25) is 9.58 Å². The van der Waals surface area contributed by atoms with Crippen LogP contribution in [0.2, 0.25) is 0 Å². The molecule has 1 amide bonds. The van der Waals surface area contributed by atoms with Crippen LogP contribution in [0.5, 0.6) is 5.75 Å². The van der Waals surface area contributed by atoms with Crippen LogP contribution in [-0.4, -0.2) is 46.2 Å². The first-order valence-corrected chi connectivity index (χ1v) is 11.2. The molecule has 0 radical (unpaired) electrons. The third-order valence-corrected chi connectivity index (χ3v) is 6.89. The van der Waals surface area contributed by atoms with Gasteiger partial charge in [-0.05, 0) is 77.1 Å². The van der Waals surface area contributed by atoms with Gasteiger partial charge >= 0.3 is 6.09 Å². The van der Waals surface area contributed by atoms with Crippen molar-refractivity contribution in [2.24, 2.45) is 0 Å². The second-order valence-electron chi connectivity index (χ2n) is 8.84. The van der Waals surface area contributed by atoms with Gasteiger partial charge in [0.05, 0.1) is 24.0 Å². The molecule has 0 bridgehead atoms. The van der Waals surface area contributed by atoms with Crippen LogP contribution in [0, 0.1) is 0 Å². The molecule has 160 valence electrons. The smallest absolute Gasteiger partial charge is 0.412 e. The summed E-state index contributed by atoms with van der Waals surface area (Å²) in [6, 6.07) is 4.37. The fourth-order valence-corrected chi connectivity index (χ4v) is 4.86. The summed E-state index contributed by atoms with van der Waals surface area (Å²) < 4.78 is 8.58. The number of piperidine rings is 1. The van der Waals surface area contributed by atoms with E-state index in [0.29, 0.717) is 6.04 Å². The average Bonchev–Trinajstić information content (AvgIpc) is 3.20. The molecular formula is C23H30N4O3. The number of ether oxygens (including phenoxy) is 1. The van der Waals surface area contributed by atoms with Gasteiger partial charge in [0.15, 0.2) is 0 Å². The van der Waals surface area contributed by atoms with E-state index in [2.05, 4.69) is 21.3 Å². The molecule has 2 fully saturated rings. The Morgan fingerprint density at radius 3 is 2.70 bits per heavy atom. The second-order valence-corrected chi connectivity index (χ2v) is 8.84. The number of benzene rings is 1. The van der Waals surface area contributed by atoms with Crippen molar-refractivity contribution in [3.05, 3.63) is 30.1 Å². The van der Waals surface area contributed by atoms with E-state index in [-0.39, 0.29) is 12.1 Å². The van der Waals surface area contributed by atoms with E-state index in [4.69, 9.17) is 4.74 Å². The molecule has 7 nitrogen and oxygen atoms in total. The van der Waals surface area contributed by atoms with Crippen LogP contribution in [0.3, 0.4) is 0 Å². The lowest BCUT2D eigenvalue weighted by Gasteiger charge is -2.36. The van der Waals surface area contributed by atoms with Crippen molar-refractivity contribution in [2.75, 3.05) is 18.0 Å². The van der Waals surface area contributed by atoms with Crippen LogP contribution in [0.4, 0.5) is 10.5 Å². The summed E-state index contributed by atoms with van der Waals surface area (Å²) in [5, 5.41) is 17.9. The first kappa shape index (κ1) is 19.4. The zero-order chi connectivity index (χ0) is 20.7. The maximum Gasteiger partial charge on any atom is 0.412 e. The number of nitrogens with one attached hydrogen (secondary N) is 1. The standard InChI is InChI=1S/C23H30N4O3/c1-15-5-6-20-21(27(15)23(28)29)8-7-19(22(20)30-18-3-2-4-18)16-13-25-26(14-16)17-9-11-24-12-10-17/h7-8,13-15,17-18,24H,2-6,9-12H2,1H3,(H,28,29)/t15-/m0/s1. The van der Waals surface area contributed by atoms with Gasteiger partial charge in [0.1, 0.15) is 5.75 Å². The number of carboxylic acid groups (broad SMARTS) is 1. The van der Waals surface area contributed by atoms with E-state index in [0.717, 1.165) is 79.7 Å². The SMILES string of the molecule is C[C@H]1CCc2c(ccc(-c3cnn(C4CCNCC4)c3)c2OC2CCC2)N1C(=O)O. The van der Waals surface area contributed by atoms with E-state index in [1.165, 1.54) is 11.3 Å².